The fourth-order valence-electron chi connectivity index (χ4n) is 2.44. The SMILES string of the molecule is C[C@@H](SCc1ccccc1)C(=O)Nc1ccn(CCc2ccncc2)n1. The first-order chi connectivity index (χ1) is 12.7. The highest BCUT2D eigenvalue weighted by Gasteiger charge is 2.14. The number of hydrogen-bond donors (Lipinski definition) is 1. The van der Waals surface area contributed by atoms with E-state index in [-0.39, 0.29) is 11.2 Å². The van der Waals surface area contributed by atoms with E-state index in [0.717, 1.165) is 18.7 Å². The number of pyridine rings is 1. The van der Waals surface area contributed by atoms with Gasteiger partial charge >= 0.3 is 0 Å². The van der Waals surface area contributed by atoms with Gasteiger partial charge in [0, 0.05) is 37.0 Å². The second kappa shape index (κ2) is 9.20. The lowest BCUT2D eigenvalue weighted by molar-refractivity contribution is -0.115. The lowest BCUT2D eigenvalue weighted by Gasteiger charge is -2.10. The van der Waals surface area contributed by atoms with Crippen LogP contribution in [0.15, 0.2) is 67.1 Å². The maximum absolute atomic E-state index is 12.3. The zero-order valence-electron chi connectivity index (χ0n) is 14.7. The molecule has 6 heteroatoms. The molecule has 3 rings (SSSR count). The minimum absolute atomic E-state index is 0.0229. The molecule has 0 radical (unpaired) electrons. The number of thioether (sulfide) groups is 1. The molecular weight excluding hydrogens is 344 g/mol. The van der Waals surface area contributed by atoms with Crippen molar-refractivity contribution in [2.75, 3.05) is 5.32 Å². The lowest BCUT2D eigenvalue weighted by Crippen LogP contribution is -2.23. The van der Waals surface area contributed by atoms with Gasteiger partial charge in [-0.1, -0.05) is 30.3 Å². The number of amides is 1. The van der Waals surface area contributed by atoms with E-state index in [2.05, 4.69) is 27.5 Å². The predicted molar refractivity (Wildman–Crippen MR) is 106 cm³/mol. The van der Waals surface area contributed by atoms with Crippen LogP contribution in [0.5, 0.6) is 0 Å². The average molecular weight is 366 g/mol. The Balaban J connectivity index is 1.46. The van der Waals surface area contributed by atoms with Gasteiger partial charge < -0.3 is 5.32 Å². The Hall–Kier alpha value is -2.60. The van der Waals surface area contributed by atoms with Crippen molar-refractivity contribution in [2.45, 2.75) is 30.9 Å². The molecular formula is C20H22N4OS. The van der Waals surface area contributed by atoms with Crippen molar-refractivity contribution >= 4 is 23.5 Å². The van der Waals surface area contributed by atoms with E-state index in [1.807, 2.05) is 54.2 Å². The Bertz CT molecular complexity index is 820. The van der Waals surface area contributed by atoms with E-state index in [1.54, 1.807) is 24.2 Å². The normalized spacial score (nSPS) is 11.9. The van der Waals surface area contributed by atoms with Gasteiger partial charge in [-0.05, 0) is 36.6 Å². The minimum Gasteiger partial charge on any atom is -0.308 e. The fraction of sp³-hybridized carbons (Fsp3) is 0.250. The van der Waals surface area contributed by atoms with E-state index in [4.69, 9.17) is 0 Å². The van der Waals surface area contributed by atoms with Crippen molar-refractivity contribution in [3.05, 3.63) is 78.2 Å². The summed E-state index contributed by atoms with van der Waals surface area (Å²) >= 11 is 1.62. The molecule has 3 aromatic rings. The molecule has 5 nitrogen and oxygen atoms in total. The van der Waals surface area contributed by atoms with Crippen molar-refractivity contribution in [3.63, 3.8) is 0 Å². The van der Waals surface area contributed by atoms with Crippen LogP contribution in [0.25, 0.3) is 0 Å². The summed E-state index contributed by atoms with van der Waals surface area (Å²) in [5, 5.41) is 7.18. The van der Waals surface area contributed by atoms with Crippen LogP contribution in [-0.4, -0.2) is 25.9 Å². The van der Waals surface area contributed by atoms with Crippen LogP contribution in [0.2, 0.25) is 0 Å². The molecule has 0 aliphatic carbocycles. The van der Waals surface area contributed by atoms with Gasteiger partial charge in [-0.25, -0.2) is 0 Å². The Morgan fingerprint density at radius 2 is 1.88 bits per heavy atom. The summed E-state index contributed by atoms with van der Waals surface area (Å²) in [5.74, 6) is 1.39. The van der Waals surface area contributed by atoms with E-state index in [1.165, 1.54) is 11.1 Å². The Morgan fingerprint density at radius 3 is 2.65 bits per heavy atom. The minimum atomic E-state index is -0.142. The molecule has 1 aromatic carbocycles. The van der Waals surface area contributed by atoms with Gasteiger partial charge in [0.2, 0.25) is 5.91 Å². The summed E-state index contributed by atoms with van der Waals surface area (Å²) in [4.78, 5) is 16.4. The summed E-state index contributed by atoms with van der Waals surface area (Å²) in [7, 11) is 0. The number of hydrogen-bond acceptors (Lipinski definition) is 4. The Labute approximate surface area is 157 Å². The molecule has 0 unspecified atom stereocenters. The number of carbonyl (C=O) groups excluding carboxylic acids is 1. The topological polar surface area (TPSA) is 59.8 Å². The van der Waals surface area contributed by atoms with Gasteiger partial charge in [-0.2, -0.15) is 5.10 Å². The highest BCUT2D eigenvalue weighted by Crippen LogP contribution is 2.18. The molecule has 26 heavy (non-hydrogen) atoms. The summed E-state index contributed by atoms with van der Waals surface area (Å²) in [6.45, 7) is 2.68. The van der Waals surface area contributed by atoms with Crippen LogP contribution in [-0.2, 0) is 23.5 Å². The van der Waals surface area contributed by atoms with Crippen LogP contribution >= 0.6 is 11.8 Å². The third kappa shape index (κ3) is 5.46. The second-order valence-corrected chi connectivity index (χ2v) is 7.33. The molecule has 1 N–H and O–H groups in total. The number of anilines is 1. The number of rotatable bonds is 8. The van der Waals surface area contributed by atoms with Crippen LogP contribution in [0.1, 0.15) is 18.1 Å². The van der Waals surface area contributed by atoms with E-state index >= 15 is 0 Å². The van der Waals surface area contributed by atoms with E-state index in [0.29, 0.717) is 5.82 Å². The lowest BCUT2D eigenvalue weighted by atomic mass is 10.2. The zero-order chi connectivity index (χ0) is 18.2. The van der Waals surface area contributed by atoms with Gasteiger partial charge in [0.25, 0.3) is 0 Å². The first kappa shape index (κ1) is 18.2. The molecule has 134 valence electrons. The molecule has 0 aliphatic heterocycles. The number of benzene rings is 1. The Kier molecular flexibility index (Phi) is 6.44. The summed E-state index contributed by atoms with van der Waals surface area (Å²) in [6.07, 6.45) is 6.34. The first-order valence-corrected chi connectivity index (χ1v) is 9.64. The van der Waals surface area contributed by atoms with Gasteiger partial charge in [-0.3, -0.25) is 14.5 Å². The van der Waals surface area contributed by atoms with Gasteiger partial charge in [-0.15, -0.1) is 11.8 Å². The molecule has 0 fully saturated rings. The smallest absolute Gasteiger partial charge is 0.238 e. The maximum atomic E-state index is 12.3. The average Bonchev–Trinajstić information content (AvgIpc) is 3.13. The second-order valence-electron chi connectivity index (χ2n) is 6.00. The van der Waals surface area contributed by atoms with Gasteiger partial charge in [0.1, 0.15) is 0 Å². The number of aromatic nitrogens is 3. The van der Waals surface area contributed by atoms with E-state index < -0.39 is 0 Å². The van der Waals surface area contributed by atoms with Crippen LogP contribution < -0.4 is 5.32 Å². The molecule has 0 aliphatic rings. The standard InChI is InChI=1S/C20H22N4OS/c1-16(26-15-18-5-3-2-4-6-18)20(25)22-19-10-14-24(23-19)13-9-17-7-11-21-12-8-17/h2-8,10-12,14,16H,9,13,15H2,1H3,(H,22,23,25)/t16-/m1/s1. The fourth-order valence-corrected chi connectivity index (χ4v) is 3.29. The van der Waals surface area contributed by atoms with Crippen LogP contribution in [0.3, 0.4) is 0 Å². The molecule has 1 atom stereocenters. The molecule has 2 aromatic heterocycles. The number of aryl methyl sites for hydroxylation is 2. The van der Waals surface area contributed by atoms with Crippen LogP contribution in [0, 0.1) is 0 Å². The Morgan fingerprint density at radius 1 is 1.12 bits per heavy atom. The monoisotopic (exact) mass is 366 g/mol. The molecule has 1 amide bonds. The summed E-state index contributed by atoms with van der Waals surface area (Å²) < 4.78 is 1.85. The maximum Gasteiger partial charge on any atom is 0.238 e. The number of nitrogens with zero attached hydrogens (tertiary/aromatic N) is 3. The third-order valence-corrected chi connectivity index (χ3v) is 5.20. The van der Waals surface area contributed by atoms with Crippen LogP contribution in [0.4, 0.5) is 5.82 Å². The van der Waals surface area contributed by atoms with Gasteiger partial charge in [0.05, 0.1) is 5.25 Å². The highest BCUT2D eigenvalue weighted by atomic mass is 32.2. The molecule has 0 saturated heterocycles. The van der Waals surface area contributed by atoms with Gasteiger partial charge in [0.15, 0.2) is 5.82 Å². The summed E-state index contributed by atoms with van der Waals surface area (Å²) in [6, 6.07) is 16.0. The largest absolute Gasteiger partial charge is 0.308 e. The highest BCUT2D eigenvalue weighted by molar-refractivity contribution is 7.99. The number of nitrogens with one attached hydrogen (secondary N) is 1. The van der Waals surface area contributed by atoms with E-state index in [9.17, 15) is 4.79 Å². The van der Waals surface area contributed by atoms with Crippen molar-refractivity contribution in [1.82, 2.24) is 14.8 Å². The molecule has 0 spiro atoms. The number of carbonyl (C=O) groups is 1. The van der Waals surface area contributed by atoms with Crippen molar-refractivity contribution in [3.8, 4) is 0 Å². The molecule has 2 heterocycles. The van der Waals surface area contributed by atoms with Crippen molar-refractivity contribution in [1.29, 1.82) is 0 Å². The first-order valence-electron chi connectivity index (χ1n) is 8.59. The summed E-state index contributed by atoms with van der Waals surface area (Å²) in [5.41, 5.74) is 2.43. The quantitative estimate of drug-likeness (QED) is 0.659. The van der Waals surface area contributed by atoms with Crippen molar-refractivity contribution in [2.24, 2.45) is 0 Å². The van der Waals surface area contributed by atoms with Crippen molar-refractivity contribution < 1.29 is 4.79 Å². The molecule has 0 bridgehead atoms. The predicted octanol–water partition coefficient (Wildman–Crippen LogP) is 3.78. The zero-order valence-corrected chi connectivity index (χ0v) is 15.5. The third-order valence-electron chi connectivity index (χ3n) is 3.98. The molecule has 0 saturated carbocycles.